The maximum Gasteiger partial charge on any atom is 0.271 e. The largest absolute Gasteiger partial charge is 0.321 e. The van der Waals surface area contributed by atoms with Crippen LogP contribution in [0, 0.1) is 17.0 Å². The third-order valence-electron chi connectivity index (χ3n) is 4.47. The van der Waals surface area contributed by atoms with E-state index in [1.807, 2.05) is 36.4 Å². The van der Waals surface area contributed by atoms with E-state index in [4.69, 9.17) is 11.6 Å². The van der Waals surface area contributed by atoms with E-state index in [1.165, 1.54) is 24.4 Å². The molecule has 1 N–H and O–H groups in total. The molecule has 144 valence electrons. The first-order chi connectivity index (χ1) is 13.9. The Balaban J connectivity index is 1.62. The number of anilines is 1. The van der Waals surface area contributed by atoms with Gasteiger partial charge in [0.15, 0.2) is 5.82 Å². The standard InChI is InChI=1S/C20H14ClN5O3/c1-12-15(20(27)24-18-8-7-14(26(28)29)10-16(18)21)11-22-25(12)19-9-6-13-4-2-3-5-17(13)23-19/h2-11H,1H3,(H,24,27). The van der Waals surface area contributed by atoms with Crippen molar-refractivity contribution in [2.75, 3.05) is 5.32 Å². The fourth-order valence-electron chi connectivity index (χ4n) is 2.95. The summed E-state index contributed by atoms with van der Waals surface area (Å²) in [7, 11) is 0. The number of hydrogen-bond acceptors (Lipinski definition) is 5. The normalized spacial score (nSPS) is 10.8. The lowest BCUT2D eigenvalue weighted by molar-refractivity contribution is -0.384. The predicted octanol–water partition coefficient (Wildman–Crippen LogP) is 4.54. The van der Waals surface area contributed by atoms with Crippen molar-refractivity contribution in [2.24, 2.45) is 0 Å². The van der Waals surface area contributed by atoms with Crippen molar-refractivity contribution in [3.05, 3.63) is 87.2 Å². The molecule has 0 fully saturated rings. The molecule has 0 radical (unpaired) electrons. The maximum absolute atomic E-state index is 12.7. The molecule has 0 bridgehead atoms. The number of nitrogens with zero attached hydrogens (tertiary/aromatic N) is 4. The first-order valence-electron chi connectivity index (χ1n) is 8.60. The first-order valence-corrected chi connectivity index (χ1v) is 8.98. The summed E-state index contributed by atoms with van der Waals surface area (Å²) in [6, 6.07) is 15.3. The molecule has 4 aromatic rings. The van der Waals surface area contributed by atoms with Gasteiger partial charge in [-0.1, -0.05) is 29.8 Å². The molecule has 0 aliphatic heterocycles. The van der Waals surface area contributed by atoms with E-state index in [2.05, 4.69) is 15.4 Å². The number of fused-ring (bicyclic) bond motifs is 1. The Bertz CT molecular complexity index is 1270. The highest BCUT2D eigenvalue weighted by atomic mass is 35.5. The van der Waals surface area contributed by atoms with Gasteiger partial charge in [0, 0.05) is 17.5 Å². The van der Waals surface area contributed by atoms with Crippen molar-refractivity contribution in [2.45, 2.75) is 6.92 Å². The second kappa shape index (κ2) is 7.33. The van der Waals surface area contributed by atoms with Crippen LogP contribution in [0.25, 0.3) is 16.7 Å². The van der Waals surface area contributed by atoms with Gasteiger partial charge in [-0.15, -0.1) is 0 Å². The minimum atomic E-state index is -0.553. The van der Waals surface area contributed by atoms with Crippen LogP contribution in [0.2, 0.25) is 5.02 Å². The van der Waals surface area contributed by atoms with Crippen LogP contribution in [0.5, 0.6) is 0 Å². The number of para-hydroxylation sites is 1. The number of benzene rings is 2. The summed E-state index contributed by atoms with van der Waals surface area (Å²) in [5, 5.41) is 18.8. The van der Waals surface area contributed by atoms with Gasteiger partial charge < -0.3 is 5.32 Å². The van der Waals surface area contributed by atoms with Crippen LogP contribution in [0.15, 0.2) is 60.8 Å². The van der Waals surface area contributed by atoms with Crippen LogP contribution >= 0.6 is 11.6 Å². The number of nitrogens with one attached hydrogen (secondary N) is 1. The summed E-state index contributed by atoms with van der Waals surface area (Å²) in [5.74, 6) is 0.166. The van der Waals surface area contributed by atoms with E-state index in [-0.39, 0.29) is 16.4 Å². The topological polar surface area (TPSA) is 103 Å². The molecular weight excluding hydrogens is 394 g/mol. The van der Waals surface area contributed by atoms with Crippen molar-refractivity contribution in [1.82, 2.24) is 14.8 Å². The van der Waals surface area contributed by atoms with E-state index in [0.29, 0.717) is 17.1 Å². The van der Waals surface area contributed by atoms with Gasteiger partial charge >= 0.3 is 0 Å². The van der Waals surface area contributed by atoms with Gasteiger partial charge in [-0.3, -0.25) is 14.9 Å². The molecule has 4 rings (SSSR count). The van der Waals surface area contributed by atoms with Gasteiger partial charge in [-0.05, 0) is 31.2 Å². The first kappa shape index (κ1) is 18.6. The zero-order valence-corrected chi connectivity index (χ0v) is 15.9. The lowest BCUT2D eigenvalue weighted by atomic mass is 10.2. The van der Waals surface area contributed by atoms with Crippen molar-refractivity contribution >= 4 is 39.8 Å². The predicted molar refractivity (Wildman–Crippen MR) is 110 cm³/mol. The number of nitro groups is 1. The van der Waals surface area contributed by atoms with E-state index in [1.54, 1.807) is 11.6 Å². The van der Waals surface area contributed by atoms with E-state index in [9.17, 15) is 14.9 Å². The Kier molecular flexibility index (Phi) is 4.69. The molecule has 9 heteroatoms. The van der Waals surface area contributed by atoms with Gasteiger partial charge in [0.2, 0.25) is 0 Å². The number of nitro benzene ring substituents is 1. The molecule has 0 saturated carbocycles. The Morgan fingerprint density at radius 1 is 1.17 bits per heavy atom. The SMILES string of the molecule is Cc1c(C(=O)Nc2ccc([N+](=O)[O-])cc2Cl)cnn1-c1ccc2ccccc2n1. The molecule has 0 unspecified atom stereocenters. The van der Waals surface area contributed by atoms with Crippen molar-refractivity contribution in [1.29, 1.82) is 0 Å². The minimum absolute atomic E-state index is 0.0776. The molecule has 8 nitrogen and oxygen atoms in total. The summed E-state index contributed by atoms with van der Waals surface area (Å²) < 4.78 is 1.58. The molecule has 0 spiro atoms. The highest BCUT2D eigenvalue weighted by Gasteiger charge is 2.18. The fourth-order valence-corrected chi connectivity index (χ4v) is 3.17. The van der Waals surface area contributed by atoms with Gasteiger partial charge in [-0.25, -0.2) is 9.67 Å². The average Bonchev–Trinajstić information content (AvgIpc) is 3.10. The van der Waals surface area contributed by atoms with Crippen LogP contribution in [0.1, 0.15) is 16.1 Å². The number of pyridine rings is 1. The summed E-state index contributed by atoms with van der Waals surface area (Å²) >= 11 is 6.05. The summed E-state index contributed by atoms with van der Waals surface area (Å²) in [5.41, 5.74) is 1.89. The Labute approximate surface area is 169 Å². The molecule has 0 aliphatic rings. The second-order valence-electron chi connectivity index (χ2n) is 6.29. The Morgan fingerprint density at radius 2 is 1.97 bits per heavy atom. The van der Waals surface area contributed by atoms with Gasteiger partial charge in [0.05, 0.1) is 38.6 Å². The Morgan fingerprint density at radius 3 is 2.72 bits per heavy atom. The second-order valence-corrected chi connectivity index (χ2v) is 6.70. The van der Waals surface area contributed by atoms with E-state index < -0.39 is 10.8 Å². The molecule has 2 aromatic heterocycles. The lowest BCUT2D eigenvalue weighted by Crippen LogP contribution is -2.13. The van der Waals surface area contributed by atoms with Gasteiger partial charge in [0.25, 0.3) is 11.6 Å². The summed E-state index contributed by atoms with van der Waals surface area (Å²) in [6.07, 6.45) is 1.45. The number of aromatic nitrogens is 3. The summed E-state index contributed by atoms with van der Waals surface area (Å²) in [6.45, 7) is 1.76. The third-order valence-corrected chi connectivity index (χ3v) is 4.78. The number of carbonyl (C=O) groups is 1. The van der Waals surface area contributed by atoms with Crippen LogP contribution in [-0.2, 0) is 0 Å². The summed E-state index contributed by atoms with van der Waals surface area (Å²) in [4.78, 5) is 27.5. The van der Waals surface area contributed by atoms with Crippen LogP contribution in [0.3, 0.4) is 0 Å². The highest BCUT2D eigenvalue weighted by molar-refractivity contribution is 6.34. The quantitative estimate of drug-likeness (QED) is 0.395. The average molecular weight is 408 g/mol. The number of hydrogen-bond donors (Lipinski definition) is 1. The van der Waals surface area contributed by atoms with Crippen molar-refractivity contribution in [3.63, 3.8) is 0 Å². The molecule has 29 heavy (non-hydrogen) atoms. The number of carbonyl (C=O) groups excluding carboxylic acids is 1. The van der Waals surface area contributed by atoms with E-state index >= 15 is 0 Å². The number of non-ortho nitro benzene ring substituents is 1. The molecule has 0 aliphatic carbocycles. The Hall–Kier alpha value is -3.78. The van der Waals surface area contributed by atoms with Gasteiger partial charge in [-0.2, -0.15) is 5.10 Å². The highest BCUT2D eigenvalue weighted by Crippen LogP contribution is 2.27. The van der Waals surface area contributed by atoms with Crippen molar-refractivity contribution in [3.8, 4) is 5.82 Å². The molecule has 2 heterocycles. The van der Waals surface area contributed by atoms with Crippen LogP contribution in [-0.4, -0.2) is 25.6 Å². The van der Waals surface area contributed by atoms with Crippen LogP contribution < -0.4 is 5.32 Å². The molecular formula is C20H14ClN5O3. The smallest absolute Gasteiger partial charge is 0.271 e. The molecule has 2 aromatic carbocycles. The molecule has 0 atom stereocenters. The molecule has 0 saturated heterocycles. The maximum atomic E-state index is 12.7. The van der Waals surface area contributed by atoms with Crippen molar-refractivity contribution < 1.29 is 9.72 Å². The van der Waals surface area contributed by atoms with Crippen LogP contribution in [0.4, 0.5) is 11.4 Å². The zero-order valence-electron chi connectivity index (χ0n) is 15.2. The number of rotatable bonds is 4. The number of amides is 1. The minimum Gasteiger partial charge on any atom is -0.321 e. The number of halogens is 1. The molecule has 1 amide bonds. The van der Waals surface area contributed by atoms with Gasteiger partial charge in [0.1, 0.15) is 0 Å². The third kappa shape index (κ3) is 3.53. The monoisotopic (exact) mass is 407 g/mol. The van der Waals surface area contributed by atoms with E-state index in [0.717, 1.165) is 10.9 Å². The zero-order chi connectivity index (χ0) is 20.5. The lowest BCUT2D eigenvalue weighted by Gasteiger charge is -2.08. The fraction of sp³-hybridized carbons (Fsp3) is 0.0500.